The monoisotopic (exact) mass is 322 g/mol. The molecule has 0 bridgehead atoms. The molecular formula is C15H13F3N4O. The number of hydrogen-bond donors (Lipinski definition) is 2. The summed E-state index contributed by atoms with van der Waals surface area (Å²) < 4.78 is 38.0. The van der Waals surface area contributed by atoms with Gasteiger partial charge in [0.2, 0.25) is 5.95 Å². The van der Waals surface area contributed by atoms with E-state index in [1.165, 1.54) is 30.5 Å². The molecule has 0 spiro atoms. The van der Waals surface area contributed by atoms with Gasteiger partial charge in [0, 0.05) is 18.4 Å². The predicted molar refractivity (Wildman–Crippen MR) is 79.3 cm³/mol. The van der Waals surface area contributed by atoms with E-state index in [2.05, 4.69) is 27.2 Å². The summed E-state index contributed by atoms with van der Waals surface area (Å²) in [6.07, 6.45) is -1.59. The normalized spacial score (nSPS) is 10.9. The van der Waals surface area contributed by atoms with E-state index in [-0.39, 0.29) is 23.9 Å². The van der Waals surface area contributed by atoms with Crippen molar-refractivity contribution in [1.82, 2.24) is 15.3 Å². The molecule has 1 aromatic carbocycles. The van der Waals surface area contributed by atoms with E-state index < -0.39 is 17.6 Å². The van der Waals surface area contributed by atoms with Crippen molar-refractivity contribution in [2.75, 3.05) is 11.9 Å². The van der Waals surface area contributed by atoms with E-state index in [9.17, 15) is 18.0 Å². The largest absolute Gasteiger partial charge is 0.416 e. The highest BCUT2D eigenvalue weighted by Crippen LogP contribution is 2.31. The molecule has 0 saturated carbocycles. The maximum atomic E-state index is 12.7. The Hall–Kier alpha value is -2.90. The predicted octanol–water partition coefficient (Wildman–Crippen LogP) is 3.15. The molecule has 0 saturated heterocycles. The van der Waals surface area contributed by atoms with Gasteiger partial charge in [0.1, 0.15) is 5.69 Å². The molecule has 0 aliphatic carbocycles. The Balaban J connectivity index is 2.18. The molecule has 1 aromatic heterocycles. The van der Waals surface area contributed by atoms with Gasteiger partial charge in [-0.3, -0.25) is 4.79 Å². The summed E-state index contributed by atoms with van der Waals surface area (Å²) in [5.74, 6) is -0.407. The first-order chi connectivity index (χ1) is 10.9. The van der Waals surface area contributed by atoms with Crippen molar-refractivity contribution >= 4 is 17.5 Å². The number of amides is 1. The summed E-state index contributed by atoms with van der Waals surface area (Å²) in [6.45, 7) is 3.75. The van der Waals surface area contributed by atoms with Crippen molar-refractivity contribution in [3.8, 4) is 0 Å². The van der Waals surface area contributed by atoms with Crippen LogP contribution in [0.5, 0.6) is 0 Å². The molecule has 0 fully saturated rings. The lowest BCUT2D eigenvalue weighted by Gasteiger charge is -2.10. The molecular weight excluding hydrogens is 309 g/mol. The number of benzene rings is 1. The lowest BCUT2D eigenvalue weighted by molar-refractivity contribution is -0.137. The Bertz CT molecular complexity index is 716. The zero-order chi connectivity index (χ0) is 16.9. The van der Waals surface area contributed by atoms with Crippen molar-refractivity contribution in [2.24, 2.45) is 0 Å². The summed E-state index contributed by atoms with van der Waals surface area (Å²) >= 11 is 0. The first kappa shape index (κ1) is 16.5. The van der Waals surface area contributed by atoms with E-state index in [0.29, 0.717) is 0 Å². The van der Waals surface area contributed by atoms with Gasteiger partial charge in [-0.15, -0.1) is 6.58 Å². The van der Waals surface area contributed by atoms with Crippen molar-refractivity contribution in [1.29, 1.82) is 0 Å². The highest BCUT2D eigenvalue weighted by molar-refractivity contribution is 5.92. The number of halogens is 3. The van der Waals surface area contributed by atoms with Crippen LogP contribution in [0.1, 0.15) is 16.1 Å². The van der Waals surface area contributed by atoms with Gasteiger partial charge in [0.15, 0.2) is 0 Å². The Labute approximate surface area is 130 Å². The van der Waals surface area contributed by atoms with Crippen LogP contribution in [0.15, 0.2) is 49.2 Å². The summed E-state index contributed by atoms with van der Waals surface area (Å²) in [7, 11) is 0. The molecule has 1 heterocycles. The number of nitrogens with one attached hydrogen (secondary N) is 2. The molecule has 2 aromatic rings. The molecule has 2 rings (SSSR count). The zero-order valence-electron chi connectivity index (χ0n) is 11.9. The van der Waals surface area contributed by atoms with Crippen LogP contribution >= 0.6 is 0 Å². The topological polar surface area (TPSA) is 66.9 Å². The first-order valence-corrected chi connectivity index (χ1v) is 6.56. The average molecular weight is 322 g/mol. The standard InChI is InChI=1S/C15H13F3N4O/c1-2-7-19-13(23)12-6-8-20-14(22-12)21-11-5-3-4-10(9-11)15(16,17)18/h2-6,8-9H,1,7H2,(H,19,23)(H,20,21,22). The molecule has 0 unspecified atom stereocenters. The van der Waals surface area contributed by atoms with E-state index in [1.807, 2.05) is 0 Å². The second-order valence-corrected chi connectivity index (χ2v) is 4.47. The van der Waals surface area contributed by atoms with E-state index in [4.69, 9.17) is 0 Å². The summed E-state index contributed by atoms with van der Waals surface area (Å²) in [6, 6.07) is 6.02. The van der Waals surface area contributed by atoms with Gasteiger partial charge in [-0.25, -0.2) is 9.97 Å². The Morgan fingerprint density at radius 1 is 1.30 bits per heavy atom. The molecule has 8 heteroatoms. The zero-order valence-corrected chi connectivity index (χ0v) is 11.9. The number of carbonyl (C=O) groups excluding carboxylic acids is 1. The molecule has 0 aliphatic rings. The fourth-order valence-electron chi connectivity index (χ4n) is 1.70. The molecule has 0 aliphatic heterocycles. The maximum Gasteiger partial charge on any atom is 0.416 e. The quantitative estimate of drug-likeness (QED) is 0.830. The van der Waals surface area contributed by atoms with E-state index in [0.717, 1.165) is 12.1 Å². The molecule has 0 radical (unpaired) electrons. The highest BCUT2D eigenvalue weighted by Gasteiger charge is 2.30. The van der Waals surface area contributed by atoms with Crippen molar-refractivity contribution in [3.05, 3.63) is 60.4 Å². The third kappa shape index (κ3) is 4.53. The van der Waals surface area contributed by atoms with Gasteiger partial charge < -0.3 is 10.6 Å². The Morgan fingerprint density at radius 2 is 2.09 bits per heavy atom. The van der Waals surface area contributed by atoms with Crippen LogP contribution in [-0.4, -0.2) is 22.4 Å². The molecule has 2 N–H and O–H groups in total. The van der Waals surface area contributed by atoms with Gasteiger partial charge in [0.25, 0.3) is 5.91 Å². The summed E-state index contributed by atoms with van der Waals surface area (Å²) in [5.41, 5.74) is -0.526. The molecule has 120 valence electrons. The minimum absolute atomic E-state index is 0.0237. The molecule has 23 heavy (non-hydrogen) atoms. The fraction of sp³-hybridized carbons (Fsp3) is 0.133. The van der Waals surface area contributed by atoms with Gasteiger partial charge in [-0.2, -0.15) is 13.2 Å². The van der Waals surface area contributed by atoms with Crippen LogP contribution in [0, 0.1) is 0 Å². The lowest BCUT2D eigenvalue weighted by atomic mass is 10.2. The van der Waals surface area contributed by atoms with E-state index >= 15 is 0 Å². The van der Waals surface area contributed by atoms with Crippen LogP contribution in [0.2, 0.25) is 0 Å². The molecule has 1 amide bonds. The van der Waals surface area contributed by atoms with Crippen LogP contribution in [0.25, 0.3) is 0 Å². The van der Waals surface area contributed by atoms with Gasteiger partial charge >= 0.3 is 6.18 Å². The molecule has 0 atom stereocenters. The van der Waals surface area contributed by atoms with Crippen LogP contribution < -0.4 is 10.6 Å². The second-order valence-electron chi connectivity index (χ2n) is 4.47. The van der Waals surface area contributed by atoms with Crippen LogP contribution in [0.3, 0.4) is 0 Å². The van der Waals surface area contributed by atoms with Gasteiger partial charge in [-0.05, 0) is 24.3 Å². The minimum atomic E-state index is -4.44. The summed E-state index contributed by atoms with van der Waals surface area (Å²) in [4.78, 5) is 19.6. The lowest BCUT2D eigenvalue weighted by Crippen LogP contribution is -2.24. The number of carbonyl (C=O) groups is 1. The highest BCUT2D eigenvalue weighted by atomic mass is 19.4. The van der Waals surface area contributed by atoms with Crippen molar-refractivity contribution in [2.45, 2.75) is 6.18 Å². The second kappa shape index (κ2) is 6.91. The Kier molecular flexibility index (Phi) is 4.95. The number of rotatable bonds is 5. The number of nitrogens with zero attached hydrogens (tertiary/aromatic N) is 2. The number of aromatic nitrogens is 2. The van der Waals surface area contributed by atoms with Gasteiger partial charge in [-0.1, -0.05) is 12.1 Å². The number of alkyl halides is 3. The third-order valence-electron chi connectivity index (χ3n) is 2.74. The van der Waals surface area contributed by atoms with E-state index in [1.54, 1.807) is 0 Å². The molecule has 5 nitrogen and oxygen atoms in total. The van der Waals surface area contributed by atoms with Crippen LogP contribution in [0.4, 0.5) is 24.8 Å². The number of anilines is 2. The fourth-order valence-corrected chi connectivity index (χ4v) is 1.70. The summed E-state index contributed by atoms with van der Waals surface area (Å²) in [5, 5.41) is 5.19. The first-order valence-electron chi connectivity index (χ1n) is 6.56. The SMILES string of the molecule is C=CCNC(=O)c1ccnc(Nc2cccc(C(F)(F)F)c2)n1. The van der Waals surface area contributed by atoms with Crippen molar-refractivity contribution < 1.29 is 18.0 Å². The third-order valence-corrected chi connectivity index (χ3v) is 2.74. The smallest absolute Gasteiger partial charge is 0.347 e. The minimum Gasteiger partial charge on any atom is -0.347 e. The average Bonchev–Trinajstić information content (AvgIpc) is 2.52. The maximum absolute atomic E-state index is 12.7. The van der Waals surface area contributed by atoms with Gasteiger partial charge in [0.05, 0.1) is 5.56 Å². The number of hydrogen-bond acceptors (Lipinski definition) is 4. The Morgan fingerprint density at radius 3 is 2.78 bits per heavy atom. The van der Waals surface area contributed by atoms with Crippen LogP contribution in [-0.2, 0) is 6.18 Å². The van der Waals surface area contributed by atoms with Crippen molar-refractivity contribution in [3.63, 3.8) is 0 Å².